The van der Waals surface area contributed by atoms with E-state index in [1.807, 2.05) is 19.1 Å². The highest BCUT2D eigenvalue weighted by Gasteiger charge is 2.30. The SMILES string of the molecule is Cc1ccc(CNS(=O)(=O)N2CCC(C(=O)O)CC2)cn1. The number of carboxylic acid groups (broad SMARTS) is 1. The maximum Gasteiger partial charge on any atom is 0.306 e. The monoisotopic (exact) mass is 313 g/mol. The van der Waals surface area contributed by atoms with Crippen molar-refractivity contribution in [3.63, 3.8) is 0 Å². The fourth-order valence-corrected chi connectivity index (χ4v) is 3.44. The molecule has 7 nitrogen and oxygen atoms in total. The van der Waals surface area contributed by atoms with Gasteiger partial charge in [0.05, 0.1) is 5.92 Å². The Labute approximate surface area is 124 Å². The van der Waals surface area contributed by atoms with Gasteiger partial charge in [-0.05, 0) is 31.4 Å². The summed E-state index contributed by atoms with van der Waals surface area (Å²) in [4.78, 5) is 15.0. The zero-order valence-electron chi connectivity index (χ0n) is 11.8. The number of aryl methyl sites for hydroxylation is 1. The van der Waals surface area contributed by atoms with Crippen molar-refractivity contribution in [3.05, 3.63) is 29.6 Å². The molecule has 2 rings (SSSR count). The van der Waals surface area contributed by atoms with Crippen molar-refractivity contribution >= 4 is 16.2 Å². The van der Waals surface area contributed by atoms with Crippen molar-refractivity contribution in [2.75, 3.05) is 13.1 Å². The molecule has 0 spiro atoms. The molecule has 2 N–H and O–H groups in total. The van der Waals surface area contributed by atoms with Gasteiger partial charge in [0.1, 0.15) is 0 Å². The van der Waals surface area contributed by atoms with Crippen LogP contribution in [0.1, 0.15) is 24.1 Å². The Morgan fingerprint density at radius 2 is 2.10 bits per heavy atom. The van der Waals surface area contributed by atoms with Crippen molar-refractivity contribution in [1.29, 1.82) is 0 Å². The number of piperidine rings is 1. The molecule has 0 atom stereocenters. The second-order valence-electron chi connectivity index (χ2n) is 5.15. The Balaban J connectivity index is 1.90. The minimum atomic E-state index is -3.58. The van der Waals surface area contributed by atoms with Crippen molar-refractivity contribution in [1.82, 2.24) is 14.0 Å². The van der Waals surface area contributed by atoms with Gasteiger partial charge in [0.15, 0.2) is 0 Å². The summed E-state index contributed by atoms with van der Waals surface area (Å²) >= 11 is 0. The molecule has 1 aromatic rings. The summed E-state index contributed by atoms with van der Waals surface area (Å²) in [7, 11) is -3.58. The first-order chi connectivity index (χ1) is 9.88. The Morgan fingerprint density at radius 1 is 1.43 bits per heavy atom. The van der Waals surface area contributed by atoms with Gasteiger partial charge in [-0.3, -0.25) is 9.78 Å². The van der Waals surface area contributed by atoms with Crippen molar-refractivity contribution in [2.45, 2.75) is 26.3 Å². The molecular formula is C13H19N3O4S. The summed E-state index contributed by atoms with van der Waals surface area (Å²) < 4.78 is 28.1. The molecule has 2 heterocycles. The summed E-state index contributed by atoms with van der Waals surface area (Å²) in [6.07, 6.45) is 2.33. The van der Waals surface area contributed by atoms with E-state index < -0.39 is 22.1 Å². The van der Waals surface area contributed by atoms with Gasteiger partial charge in [-0.25, -0.2) is 0 Å². The topological polar surface area (TPSA) is 99.6 Å². The average molecular weight is 313 g/mol. The molecule has 116 valence electrons. The summed E-state index contributed by atoms with van der Waals surface area (Å²) in [6, 6.07) is 3.64. The Kier molecular flexibility index (Phi) is 4.92. The molecule has 0 aromatic carbocycles. The van der Waals surface area contributed by atoms with E-state index in [0.29, 0.717) is 12.8 Å². The van der Waals surface area contributed by atoms with Crippen molar-refractivity contribution in [2.24, 2.45) is 5.92 Å². The molecule has 0 aliphatic carbocycles. The number of pyridine rings is 1. The Morgan fingerprint density at radius 3 is 2.62 bits per heavy atom. The molecule has 0 amide bonds. The predicted octanol–water partition coefficient (Wildman–Crippen LogP) is 0.521. The van der Waals surface area contributed by atoms with Crippen LogP contribution in [-0.4, -0.2) is 41.9 Å². The van der Waals surface area contributed by atoms with Crippen molar-refractivity contribution in [3.8, 4) is 0 Å². The van der Waals surface area contributed by atoms with Crippen LogP contribution in [-0.2, 0) is 21.5 Å². The molecule has 1 fully saturated rings. The zero-order chi connectivity index (χ0) is 15.5. The van der Waals surface area contributed by atoms with Gasteiger partial charge in [0.25, 0.3) is 10.2 Å². The number of hydrogen-bond donors (Lipinski definition) is 2. The molecule has 1 aliphatic heterocycles. The van der Waals surface area contributed by atoms with Crippen LogP contribution in [0.15, 0.2) is 18.3 Å². The second kappa shape index (κ2) is 6.50. The second-order valence-corrected chi connectivity index (χ2v) is 6.90. The first kappa shape index (κ1) is 15.9. The van der Waals surface area contributed by atoms with Gasteiger partial charge in [0.2, 0.25) is 0 Å². The first-order valence-electron chi connectivity index (χ1n) is 6.77. The van der Waals surface area contributed by atoms with Gasteiger partial charge in [-0.1, -0.05) is 6.07 Å². The average Bonchev–Trinajstić information content (AvgIpc) is 2.47. The minimum Gasteiger partial charge on any atom is -0.481 e. The van der Waals surface area contributed by atoms with Gasteiger partial charge >= 0.3 is 5.97 Å². The summed E-state index contributed by atoms with van der Waals surface area (Å²) in [6.45, 7) is 2.51. The smallest absolute Gasteiger partial charge is 0.306 e. The van der Waals surface area contributed by atoms with Crippen LogP contribution in [0.3, 0.4) is 0 Å². The maximum atomic E-state index is 12.1. The number of nitrogens with zero attached hydrogens (tertiary/aromatic N) is 2. The highest BCUT2D eigenvalue weighted by molar-refractivity contribution is 7.87. The molecule has 21 heavy (non-hydrogen) atoms. The van der Waals surface area contributed by atoms with E-state index in [1.165, 1.54) is 4.31 Å². The van der Waals surface area contributed by atoms with Crippen LogP contribution >= 0.6 is 0 Å². The number of carbonyl (C=O) groups is 1. The molecule has 0 radical (unpaired) electrons. The summed E-state index contributed by atoms with van der Waals surface area (Å²) in [5.41, 5.74) is 1.65. The lowest BCUT2D eigenvalue weighted by Gasteiger charge is -2.29. The number of carboxylic acids is 1. The van der Waals surface area contributed by atoms with Gasteiger partial charge < -0.3 is 5.11 Å². The molecular weight excluding hydrogens is 294 g/mol. The van der Waals surface area contributed by atoms with Gasteiger partial charge in [-0.15, -0.1) is 0 Å². The van der Waals surface area contributed by atoms with Gasteiger partial charge in [-0.2, -0.15) is 17.4 Å². The highest BCUT2D eigenvalue weighted by atomic mass is 32.2. The largest absolute Gasteiger partial charge is 0.481 e. The van der Waals surface area contributed by atoms with E-state index in [1.54, 1.807) is 6.20 Å². The van der Waals surface area contributed by atoms with E-state index in [-0.39, 0.29) is 19.6 Å². The minimum absolute atomic E-state index is 0.175. The number of aliphatic carboxylic acids is 1. The highest BCUT2D eigenvalue weighted by Crippen LogP contribution is 2.19. The molecule has 0 bridgehead atoms. The molecule has 1 saturated heterocycles. The standard InChI is InChI=1S/C13H19N3O4S/c1-10-2-3-11(8-14-10)9-15-21(19,20)16-6-4-12(5-7-16)13(17)18/h2-3,8,12,15H,4-7,9H2,1H3,(H,17,18). The third-order valence-electron chi connectivity index (χ3n) is 3.57. The third-order valence-corrected chi connectivity index (χ3v) is 5.13. The first-order valence-corrected chi connectivity index (χ1v) is 8.21. The molecule has 8 heteroatoms. The Hall–Kier alpha value is -1.51. The number of aromatic nitrogens is 1. The van der Waals surface area contributed by atoms with E-state index >= 15 is 0 Å². The van der Waals surface area contributed by atoms with Crippen LogP contribution in [0.4, 0.5) is 0 Å². The normalized spacial score (nSPS) is 17.8. The molecule has 0 unspecified atom stereocenters. The van der Waals surface area contributed by atoms with E-state index in [4.69, 9.17) is 5.11 Å². The Bertz CT molecular complexity index is 592. The predicted molar refractivity (Wildman–Crippen MR) is 76.7 cm³/mol. The summed E-state index contributed by atoms with van der Waals surface area (Å²) in [5.74, 6) is -1.30. The summed E-state index contributed by atoms with van der Waals surface area (Å²) in [5, 5.41) is 8.91. The lowest BCUT2D eigenvalue weighted by Crippen LogP contribution is -2.45. The maximum absolute atomic E-state index is 12.1. The van der Waals surface area contributed by atoms with E-state index in [9.17, 15) is 13.2 Å². The van der Waals surface area contributed by atoms with Crippen LogP contribution in [0.5, 0.6) is 0 Å². The quantitative estimate of drug-likeness (QED) is 0.825. The number of hydrogen-bond acceptors (Lipinski definition) is 4. The fraction of sp³-hybridized carbons (Fsp3) is 0.538. The van der Waals surface area contributed by atoms with E-state index in [2.05, 4.69) is 9.71 Å². The zero-order valence-corrected chi connectivity index (χ0v) is 12.6. The lowest BCUT2D eigenvalue weighted by molar-refractivity contribution is -0.142. The fourth-order valence-electron chi connectivity index (χ4n) is 2.21. The van der Waals surface area contributed by atoms with Crippen LogP contribution in [0.25, 0.3) is 0 Å². The van der Waals surface area contributed by atoms with Crippen LogP contribution < -0.4 is 4.72 Å². The molecule has 1 aromatic heterocycles. The van der Waals surface area contributed by atoms with Crippen LogP contribution in [0.2, 0.25) is 0 Å². The molecule has 0 saturated carbocycles. The number of nitrogens with one attached hydrogen (secondary N) is 1. The van der Waals surface area contributed by atoms with Crippen molar-refractivity contribution < 1.29 is 18.3 Å². The van der Waals surface area contributed by atoms with E-state index in [0.717, 1.165) is 11.3 Å². The van der Waals surface area contributed by atoms with Crippen LogP contribution in [0, 0.1) is 12.8 Å². The molecule has 1 aliphatic rings. The van der Waals surface area contributed by atoms with Gasteiger partial charge in [0, 0.05) is 31.5 Å². The lowest BCUT2D eigenvalue weighted by atomic mass is 9.99. The number of rotatable bonds is 5. The third kappa shape index (κ3) is 4.23.